The van der Waals surface area contributed by atoms with Crippen LogP contribution >= 0.6 is 0 Å². The molecule has 1 amide bonds. The predicted molar refractivity (Wildman–Crippen MR) is 150 cm³/mol. The van der Waals surface area contributed by atoms with E-state index >= 15 is 0 Å². The summed E-state index contributed by atoms with van der Waals surface area (Å²) in [5.74, 6) is 1.72. The van der Waals surface area contributed by atoms with E-state index in [0.29, 0.717) is 19.6 Å². The minimum absolute atomic E-state index is 0.126. The van der Waals surface area contributed by atoms with Crippen LogP contribution in [0.2, 0.25) is 0 Å². The SMILES string of the molecule is Cc1cc(C)n(CC(=O)N2CCN(c3ccccc3-c3cnc(N4CCC5CCCC=C5C4)nc3)CC2)n1. The van der Waals surface area contributed by atoms with Crippen molar-refractivity contribution in [1.82, 2.24) is 24.6 Å². The van der Waals surface area contributed by atoms with Crippen LogP contribution in [0.3, 0.4) is 0 Å². The van der Waals surface area contributed by atoms with Gasteiger partial charge in [-0.25, -0.2) is 9.97 Å². The monoisotopic (exact) mass is 511 g/mol. The van der Waals surface area contributed by atoms with Crippen LogP contribution in [0.15, 0.2) is 54.4 Å². The number of hydrogen-bond acceptors (Lipinski definition) is 6. The van der Waals surface area contributed by atoms with Crippen molar-refractivity contribution in [2.45, 2.75) is 46.1 Å². The fourth-order valence-corrected chi connectivity index (χ4v) is 6.19. The van der Waals surface area contributed by atoms with E-state index in [1.54, 1.807) is 10.3 Å². The molecule has 1 atom stereocenters. The summed E-state index contributed by atoms with van der Waals surface area (Å²) in [5, 5.41) is 4.45. The molecular weight excluding hydrogens is 474 g/mol. The molecule has 3 aliphatic rings. The number of para-hydroxylation sites is 1. The second kappa shape index (κ2) is 10.6. The molecule has 1 aromatic carbocycles. The standard InChI is InChI=1S/C30H37N7O/c1-22-17-23(2)37(33-22)21-29(38)35-15-13-34(14-16-35)28-10-6-5-9-27(28)26-18-31-30(32-19-26)36-12-11-24-7-3-4-8-25(24)20-36/h5-6,8-10,17-19,24H,3-4,7,11-16,20-21H2,1-2H3. The molecule has 2 fully saturated rings. The number of allylic oxidation sites excluding steroid dienone is 1. The van der Waals surface area contributed by atoms with Gasteiger partial charge in [0.25, 0.3) is 0 Å². The zero-order chi connectivity index (χ0) is 26.1. The van der Waals surface area contributed by atoms with Gasteiger partial charge in [-0.05, 0) is 57.6 Å². The van der Waals surface area contributed by atoms with Gasteiger partial charge in [-0.2, -0.15) is 5.10 Å². The number of carbonyl (C=O) groups excluding carboxylic acids is 1. The second-order valence-electron chi connectivity index (χ2n) is 10.9. The summed E-state index contributed by atoms with van der Waals surface area (Å²) < 4.78 is 1.80. The second-order valence-corrected chi connectivity index (χ2v) is 10.9. The minimum Gasteiger partial charge on any atom is -0.367 e. The average Bonchev–Trinajstić information content (AvgIpc) is 3.28. The van der Waals surface area contributed by atoms with Gasteiger partial charge in [0.1, 0.15) is 6.54 Å². The van der Waals surface area contributed by atoms with Crippen LogP contribution in [0, 0.1) is 19.8 Å². The van der Waals surface area contributed by atoms with E-state index in [2.05, 4.69) is 45.2 Å². The lowest BCUT2D eigenvalue weighted by Crippen LogP contribution is -2.49. The molecule has 1 aliphatic carbocycles. The van der Waals surface area contributed by atoms with Gasteiger partial charge in [0.05, 0.1) is 5.69 Å². The third-order valence-electron chi connectivity index (χ3n) is 8.31. The van der Waals surface area contributed by atoms with Gasteiger partial charge in [0.2, 0.25) is 11.9 Å². The number of aromatic nitrogens is 4. The number of carbonyl (C=O) groups is 1. The van der Waals surface area contributed by atoms with Crippen molar-refractivity contribution in [3.63, 3.8) is 0 Å². The molecule has 0 bridgehead atoms. The molecule has 2 saturated heterocycles. The van der Waals surface area contributed by atoms with Crippen LogP contribution in [0.1, 0.15) is 37.1 Å². The minimum atomic E-state index is 0.126. The Morgan fingerprint density at radius 3 is 2.53 bits per heavy atom. The number of piperazine rings is 1. The molecule has 8 heteroatoms. The van der Waals surface area contributed by atoms with E-state index < -0.39 is 0 Å². The molecule has 0 radical (unpaired) electrons. The number of nitrogens with zero attached hydrogens (tertiary/aromatic N) is 7. The van der Waals surface area contributed by atoms with E-state index in [4.69, 9.17) is 9.97 Å². The zero-order valence-corrected chi connectivity index (χ0v) is 22.5. The van der Waals surface area contributed by atoms with E-state index in [0.717, 1.165) is 60.6 Å². The van der Waals surface area contributed by atoms with Crippen LogP contribution in [0.25, 0.3) is 11.1 Å². The largest absolute Gasteiger partial charge is 0.367 e. The number of amides is 1. The molecule has 6 rings (SSSR count). The van der Waals surface area contributed by atoms with E-state index in [-0.39, 0.29) is 5.91 Å². The first-order valence-electron chi connectivity index (χ1n) is 13.9. The van der Waals surface area contributed by atoms with Gasteiger partial charge in [-0.1, -0.05) is 29.8 Å². The molecule has 4 heterocycles. The van der Waals surface area contributed by atoms with Crippen molar-refractivity contribution in [3.8, 4) is 11.1 Å². The van der Waals surface area contributed by atoms with Gasteiger partial charge < -0.3 is 14.7 Å². The van der Waals surface area contributed by atoms with Crippen LogP contribution in [0.4, 0.5) is 11.6 Å². The van der Waals surface area contributed by atoms with Crippen LogP contribution in [0.5, 0.6) is 0 Å². The molecule has 198 valence electrons. The molecule has 0 saturated carbocycles. The quantitative estimate of drug-likeness (QED) is 0.477. The summed E-state index contributed by atoms with van der Waals surface area (Å²) in [6, 6.07) is 10.5. The highest BCUT2D eigenvalue weighted by Gasteiger charge is 2.27. The van der Waals surface area contributed by atoms with E-state index in [1.807, 2.05) is 37.2 Å². The summed E-state index contributed by atoms with van der Waals surface area (Å²) in [6.45, 7) is 9.24. The first kappa shape index (κ1) is 24.6. The summed E-state index contributed by atoms with van der Waals surface area (Å²) in [5.41, 5.74) is 6.87. The van der Waals surface area contributed by atoms with Crippen molar-refractivity contribution in [3.05, 3.63) is 65.8 Å². The Bertz CT molecular complexity index is 1320. The maximum absolute atomic E-state index is 12.9. The lowest BCUT2D eigenvalue weighted by atomic mass is 9.82. The van der Waals surface area contributed by atoms with Gasteiger partial charge in [0, 0.05) is 74.2 Å². The molecule has 1 unspecified atom stereocenters. The van der Waals surface area contributed by atoms with Crippen LogP contribution < -0.4 is 9.80 Å². The molecule has 2 aromatic heterocycles. The van der Waals surface area contributed by atoms with Gasteiger partial charge in [-0.3, -0.25) is 9.48 Å². The third kappa shape index (κ3) is 5.04. The van der Waals surface area contributed by atoms with E-state index in [1.165, 1.54) is 31.4 Å². The van der Waals surface area contributed by atoms with Crippen LogP contribution in [-0.2, 0) is 11.3 Å². The van der Waals surface area contributed by atoms with Crippen molar-refractivity contribution in [2.75, 3.05) is 49.1 Å². The van der Waals surface area contributed by atoms with Gasteiger partial charge >= 0.3 is 0 Å². The number of rotatable bonds is 5. The van der Waals surface area contributed by atoms with Crippen molar-refractivity contribution in [2.24, 2.45) is 5.92 Å². The molecule has 0 spiro atoms. The highest BCUT2D eigenvalue weighted by atomic mass is 16.2. The number of aryl methyl sites for hydroxylation is 2. The summed E-state index contributed by atoms with van der Waals surface area (Å²) >= 11 is 0. The average molecular weight is 512 g/mol. The van der Waals surface area contributed by atoms with Gasteiger partial charge in [-0.15, -0.1) is 0 Å². The summed E-state index contributed by atoms with van der Waals surface area (Å²) in [7, 11) is 0. The smallest absolute Gasteiger partial charge is 0.244 e. The van der Waals surface area contributed by atoms with E-state index in [9.17, 15) is 4.79 Å². The summed E-state index contributed by atoms with van der Waals surface area (Å²) in [6.07, 6.45) is 11.5. The number of piperidine rings is 1. The Kier molecular flexibility index (Phi) is 6.87. The van der Waals surface area contributed by atoms with Crippen molar-refractivity contribution >= 4 is 17.5 Å². The molecule has 38 heavy (non-hydrogen) atoms. The Morgan fingerprint density at radius 1 is 0.974 bits per heavy atom. The maximum atomic E-state index is 12.9. The molecule has 3 aromatic rings. The Balaban J connectivity index is 1.11. The number of hydrogen-bond donors (Lipinski definition) is 0. The van der Waals surface area contributed by atoms with Crippen molar-refractivity contribution in [1.29, 1.82) is 0 Å². The Hall–Kier alpha value is -3.68. The number of anilines is 2. The lowest BCUT2D eigenvalue weighted by Gasteiger charge is -2.37. The fraction of sp³-hybridized carbons (Fsp3) is 0.467. The van der Waals surface area contributed by atoms with Crippen LogP contribution in [-0.4, -0.2) is 69.8 Å². The molecular formula is C30H37N7O. The number of benzene rings is 1. The molecule has 8 nitrogen and oxygen atoms in total. The summed E-state index contributed by atoms with van der Waals surface area (Å²) in [4.78, 5) is 29.2. The number of fused-ring (bicyclic) bond motifs is 1. The zero-order valence-electron chi connectivity index (χ0n) is 22.5. The third-order valence-corrected chi connectivity index (χ3v) is 8.31. The maximum Gasteiger partial charge on any atom is 0.244 e. The normalized spacial score (nSPS) is 19.8. The first-order chi connectivity index (χ1) is 18.5. The Labute approximate surface area is 225 Å². The lowest BCUT2D eigenvalue weighted by molar-refractivity contribution is -0.132. The van der Waals surface area contributed by atoms with Crippen molar-refractivity contribution < 1.29 is 4.79 Å². The topological polar surface area (TPSA) is 70.4 Å². The highest BCUT2D eigenvalue weighted by molar-refractivity contribution is 5.79. The Morgan fingerprint density at radius 2 is 1.76 bits per heavy atom. The first-order valence-corrected chi connectivity index (χ1v) is 13.9. The molecule has 0 N–H and O–H groups in total. The molecule has 2 aliphatic heterocycles. The fourth-order valence-electron chi connectivity index (χ4n) is 6.19. The van der Waals surface area contributed by atoms with Gasteiger partial charge in [0.15, 0.2) is 0 Å². The highest BCUT2D eigenvalue weighted by Crippen LogP contribution is 2.34. The predicted octanol–water partition coefficient (Wildman–Crippen LogP) is 4.24.